The van der Waals surface area contributed by atoms with Crippen LogP contribution >= 0.6 is 22.6 Å². The van der Waals surface area contributed by atoms with E-state index < -0.39 is 34.2 Å². The second kappa shape index (κ2) is 12.6. The van der Waals surface area contributed by atoms with Gasteiger partial charge >= 0.3 is 11.4 Å². The van der Waals surface area contributed by atoms with E-state index in [1.165, 1.54) is 35.3 Å². The van der Waals surface area contributed by atoms with Crippen LogP contribution in [0.15, 0.2) is 61.4 Å². The van der Waals surface area contributed by atoms with Crippen molar-refractivity contribution in [1.82, 2.24) is 23.5 Å². The third-order valence-corrected chi connectivity index (χ3v) is 12.8. The van der Waals surface area contributed by atoms with Crippen LogP contribution in [0.2, 0.25) is 0 Å². The SMILES string of the molecule is COc1cc2nc(CCn3c(=O)n4n(c3=O)[C@@H]3C[C@@]5(C)C(=O)C(C)=C(C)C(=O)[C@@]5(C)[C@@H](c5cc(I)c(O)c(OC)c5)C3=CC4)c(=O)n(C)c2cc1OC. The van der Waals surface area contributed by atoms with Crippen molar-refractivity contribution >= 4 is 45.2 Å². The maximum Gasteiger partial charge on any atom is 0.347 e. The molecule has 278 valence electrons. The van der Waals surface area contributed by atoms with E-state index in [4.69, 9.17) is 14.2 Å². The van der Waals surface area contributed by atoms with E-state index in [9.17, 15) is 29.1 Å². The van der Waals surface area contributed by atoms with Crippen LogP contribution in [0.3, 0.4) is 0 Å². The Morgan fingerprint density at radius 2 is 1.55 bits per heavy atom. The maximum atomic E-state index is 14.5. The molecule has 2 aromatic carbocycles. The lowest BCUT2D eigenvalue weighted by Gasteiger charge is -2.58. The fourth-order valence-corrected chi connectivity index (χ4v) is 9.45. The van der Waals surface area contributed by atoms with Crippen molar-refractivity contribution in [3.05, 3.63) is 93.2 Å². The summed E-state index contributed by atoms with van der Waals surface area (Å²) in [6.07, 6.45) is 1.95. The number of aromatic hydroxyl groups is 1. The first kappa shape index (κ1) is 36.4. The number of allylic oxidation sites excluding steroid dienone is 4. The number of ether oxygens (including phenoxy) is 3. The minimum Gasteiger partial charge on any atom is -0.504 e. The van der Waals surface area contributed by atoms with Gasteiger partial charge in [-0.15, -0.1) is 0 Å². The highest BCUT2D eigenvalue weighted by Crippen LogP contribution is 2.66. The molecule has 0 bridgehead atoms. The molecular formula is C38H40IN5O9. The highest BCUT2D eigenvalue weighted by molar-refractivity contribution is 14.1. The summed E-state index contributed by atoms with van der Waals surface area (Å²) in [6.45, 7) is 6.83. The molecule has 1 N–H and O–H groups in total. The third-order valence-electron chi connectivity index (χ3n) is 12.0. The van der Waals surface area contributed by atoms with Gasteiger partial charge in [-0.05, 0) is 77.3 Å². The summed E-state index contributed by atoms with van der Waals surface area (Å²) in [5.74, 6) is -0.0452. The molecule has 0 radical (unpaired) electrons. The Labute approximate surface area is 317 Å². The van der Waals surface area contributed by atoms with E-state index >= 15 is 0 Å². The van der Waals surface area contributed by atoms with Gasteiger partial charge in [0.1, 0.15) is 5.69 Å². The fourth-order valence-electron chi connectivity index (χ4n) is 8.82. The lowest BCUT2D eigenvalue weighted by Crippen LogP contribution is -2.61. The Morgan fingerprint density at radius 3 is 2.21 bits per heavy atom. The van der Waals surface area contributed by atoms with Crippen molar-refractivity contribution in [3.63, 3.8) is 0 Å². The average molecular weight is 838 g/mol. The van der Waals surface area contributed by atoms with Crippen LogP contribution in [0.4, 0.5) is 0 Å². The quantitative estimate of drug-likeness (QED) is 0.214. The molecule has 14 nitrogen and oxygen atoms in total. The molecule has 4 aromatic rings. The normalized spacial score (nSPS) is 23.8. The van der Waals surface area contributed by atoms with Gasteiger partial charge in [0, 0.05) is 43.5 Å². The Kier molecular flexibility index (Phi) is 8.66. The minimum absolute atomic E-state index is 0.0124. The van der Waals surface area contributed by atoms with Crippen molar-refractivity contribution in [2.45, 2.75) is 65.6 Å². The molecule has 2 aromatic heterocycles. The smallest absolute Gasteiger partial charge is 0.347 e. The average Bonchev–Trinajstić information content (AvgIpc) is 3.39. The standard InChI is InChI=1S/C38H40IN5O9/c1-18-19(2)33(47)38(4)30(20-13-22(39)31(45)29(14-20)53-8)21-9-12-43-35(49)42(36(50)44(43)26(21)17-37(38,3)32(18)46)11-10-23-34(48)41(5)25-16-28(52-7)27(51-6)15-24(25)40-23/h9,13-16,26,30,45H,10-12,17H2,1-8H3/t26-,30+,37+,38-/m1/s1. The van der Waals surface area contributed by atoms with Gasteiger partial charge in [0.05, 0.1) is 53.9 Å². The van der Waals surface area contributed by atoms with E-state index in [0.717, 1.165) is 10.1 Å². The molecule has 4 atom stereocenters. The predicted molar refractivity (Wildman–Crippen MR) is 203 cm³/mol. The first-order valence-corrected chi connectivity index (χ1v) is 18.2. The number of aryl methyl sites for hydroxylation is 2. The first-order valence-electron chi connectivity index (χ1n) is 17.1. The monoisotopic (exact) mass is 837 g/mol. The summed E-state index contributed by atoms with van der Waals surface area (Å²) in [7, 11) is 6.05. The van der Waals surface area contributed by atoms with Crippen molar-refractivity contribution in [2.75, 3.05) is 21.3 Å². The molecule has 1 fully saturated rings. The molecule has 0 unspecified atom stereocenters. The number of aromatic nitrogens is 5. The van der Waals surface area contributed by atoms with E-state index in [1.807, 2.05) is 35.6 Å². The molecular weight excluding hydrogens is 797 g/mol. The number of ketones is 2. The van der Waals surface area contributed by atoms with Crippen molar-refractivity contribution in [1.29, 1.82) is 0 Å². The van der Waals surface area contributed by atoms with Gasteiger partial charge in [-0.3, -0.25) is 14.4 Å². The minimum atomic E-state index is -1.28. The van der Waals surface area contributed by atoms with Gasteiger partial charge in [-0.2, -0.15) is 0 Å². The number of carbonyl (C=O) groups is 2. The summed E-state index contributed by atoms with van der Waals surface area (Å²) < 4.78 is 22.1. The summed E-state index contributed by atoms with van der Waals surface area (Å²) in [4.78, 5) is 75.3. The number of fused-ring (bicyclic) bond motifs is 5. The van der Waals surface area contributed by atoms with E-state index in [1.54, 1.807) is 52.1 Å². The van der Waals surface area contributed by atoms with Gasteiger partial charge in [-0.1, -0.05) is 19.9 Å². The molecule has 1 saturated carbocycles. The van der Waals surface area contributed by atoms with Crippen LogP contribution in [0, 0.1) is 14.4 Å². The van der Waals surface area contributed by atoms with Crippen molar-refractivity contribution in [3.8, 4) is 23.0 Å². The molecule has 7 rings (SSSR count). The molecule has 0 spiro atoms. The zero-order valence-electron chi connectivity index (χ0n) is 30.7. The summed E-state index contributed by atoms with van der Waals surface area (Å²) >= 11 is 2.00. The molecule has 3 heterocycles. The number of Topliss-reactive ketones (excluding diaryl/α,β-unsaturated/α-hetero) is 2. The van der Waals surface area contributed by atoms with Crippen LogP contribution < -0.4 is 31.1 Å². The van der Waals surface area contributed by atoms with Gasteiger partial charge in [-0.25, -0.2) is 28.5 Å². The second-order valence-electron chi connectivity index (χ2n) is 14.4. The lowest BCUT2D eigenvalue weighted by molar-refractivity contribution is -0.151. The number of carbonyl (C=O) groups excluding carboxylic acids is 2. The number of hydrogen-bond acceptors (Lipinski definition) is 10. The van der Waals surface area contributed by atoms with Crippen molar-refractivity contribution in [2.24, 2.45) is 17.9 Å². The summed E-state index contributed by atoms with van der Waals surface area (Å²) in [5, 5.41) is 10.7. The first-order chi connectivity index (χ1) is 25.0. The third kappa shape index (κ3) is 4.94. The number of hydrogen-bond donors (Lipinski definition) is 1. The maximum absolute atomic E-state index is 14.5. The fraction of sp³-hybridized carbons (Fsp3) is 0.421. The van der Waals surface area contributed by atoms with Gasteiger partial charge in [0.25, 0.3) is 5.56 Å². The number of halogens is 1. The summed E-state index contributed by atoms with van der Waals surface area (Å²) in [6, 6.07) is 6.01. The van der Waals surface area contributed by atoms with Crippen LogP contribution in [0.1, 0.15) is 57.3 Å². The highest BCUT2D eigenvalue weighted by atomic mass is 127. The highest BCUT2D eigenvalue weighted by Gasteiger charge is 2.66. The summed E-state index contributed by atoms with van der Waals surface area (Å²) in [5.41, 5.74) is -0.821. The van der Waals surface area contributed by atoms with Gasteiger partial charge < -0.3 is 23.9 Å². The number of benzene rings is 2. The number of methoxy groups -OCH3 is 3. The Balaban J connectivity index is 1.35. The Bertz CT molecular complexity index is 2540. The number of nitrogens with zero attached hydrogens (tertiary/aromatic N) is 5. The molecule has 3 aliphatic rings. The number of rotatable bonds is 7. The Hall–Kier alpha value is -4.93. The van der Waals surface area contributed by atoms with Crippen molar-refractivity contribution < 1.29 is 28.9 Å². The van der Waals surface area contributed by atoms with E-state index in [0.29, 0.717) is 42.8 Å². The molecule has 0 saturated heterocycles. The lowest BCUT2D eigenvalue weighted by atomic mass is 9.43. The molecule has 1 aliphatic heterocycles. The topological polar surface area (TPSA) is 166 Å². The van der Waals surface area contributed by atoms with E-state index in [2.05, 4.69) is 4.98 Å². The van der Waals surface area contributed by atoms with Gasteiger partial charge in [0.2, 0.25) is 0 Å². The molecule has 53 heavy (non-hydrogen) atoms. The number of phenolic OH excluding ortho intramolecular Hbond substituents is 1. The van der Waals surface area contributed by atoms with Crippen LogP contribution in [0.25, 0.3) is 11.0 Å². The zero-order valence-corrected chi connectivity index (χ0v) is 32.9. The second-order valence-corrected chi connectivity index (χ2v) is 15.5. The largest absolute Gasteiger partial charge is 0.504 e. The zero-order chi connectivity index (χ0) is 38.5. The van der Waals surface area contributed by atoms with Crippen LogP contribution in [-0.4, -0.2) is 61.5 Å². The Morgan fingerprint density at radius 1 is 0.906 bits per heavy atom. The van der Waals surface area contributed by atoms with Crippen LogP contribution in [-0.2, 0) is 36.1 Å². The molecule has 2 aliphatic carbocycles. The van der Waals surface area contributed by atoms with Gasteiger partial charge in [0.15, 0.2) is 34.6 Å². The molecule has 0 amide bonds. The van der Waals surface area contributed by atoms with Crippen LogP contribution in [0.5, 0.6) is 23.0 Å². The molecule has 15 heteroatoms. The predicted octanol–water partition coefficient (Wildman–Crippen LogP) is 3.81. The number of phenols is 1. The van der Waals surface area contributed by atoms with E-state index in [-0.39, 0.29) is 60.2 Å².